The number of rotatable bonds is 11. The molecule has 222 valence electrons. The Morgan fingerprint density at radius 1 is 1.05 bits per heavy atom. The molecule has 1 fully saturated rings. The molecule has 5 atom stereocenters. The van der Waals surface area contributed by atoms with Crippen molar-refractivity contribution < 1.29 is 37.2 Å². The number of aliphatic hydroxyl groups excluding tert-OH is 1. The number of halogens is 2. The Kier molecular flexibility index (Phi) is 8.83. The largest absolute Gasteiger partial charge is 0.497 e. The number of ether oxygens (including phenoxy) is 3. The van der Waals surface area contributed by atoms with E-state index in [1.54, 1.807) is 48.5 Å². The van der Waals surface area contributed by atoms with Gasteiger partial charge in [0.25, 0.3) is 5.85 Å². The smallest absolute Gasteiger partial charge is 0.351 e. The number of alkyl halides is 2. The van der Waals surface area contributed by atoms with Crippen LogP contribution in [0.3, 0.4) is 0 Å². The van der Waals surface area contributed by atoms with Crippen LogP contribution in [0.25, 0.3) is 0 Å². The van der Waals surface area contributed by atoms with E-state index in [1.165, 1.54) is 25.0 Å². The lowest BCUT2D eigenvalue weighted by Crippen LogP contribution is -2.47. The summed E-state index contributed by atoms with van der Waals surface area (Å²) in [4.78, 5) is 15.8. The Bertz CT molecular complexity index is 1410. The fourth-order valence-corrected chi connectivity index (χ4v) is 5.61. The summed E-state index contributed by atoms with van der Waals surface area (Å²) in [6.45, 7) is -0.324. The molecule has 1 aliphatic heterocycles. The molecule has 15 heteroatoms. The van der Waals surface area contributed by atoms with Crippen LogP contribution in [-0.2, 0) is 26.9 Å². The van der Waals surface area contributed by atoms with Crippen LogP contribution in [0.5, 0.6) is 11.5 Å². The zero-order valence-electron chi connectivity index (χ0n) is 22.6. The van der Waals surface area contributed by atoms with Gasteiger partial charge in [-0.25, -0.2) is 23.7 Å². The second kappa shape index (κ2) is 11.8. The maximum Gasteiger partial charge on any atom is 0.351 e. The minimum absolute atomic E-state index is 0.0163. The van der Waals surface area contributed by atoms with E-state index >= 15 is 8.78 Å². The Balaban J connectivity index is 1.57. The van der Waals surface area contributed by atoms with Crippen LogP contribution in [0.1, 0.15) is 24.3 Å². The van der Waals surface area contributed by atoms with Crippen LogP contribution < -0.4 is 26.4 Å². The minimum Gasteiger partial charge on any atom is -0.497 e. The Labute approximate surface area is 235 Å². The van der Waals surface area contributed by atoms with Crippen LogP contribution >= 0.6 is 7.67 Å². The highest BCUT2D eigenvalue weighted by molar-refractivity contribution is 7.53. The molecule has 4 rings (SSSR count). The standard InChI is InChI=1S/C26H32F2N5O7P/c1-25(27)22(34)26(28,40-23(25)33-13-12-21(29)31-24(33)35)16-39-41(30,36)32(14-17-4-8-19(37-2)9-5-17)15-18-6-10-20(38-3)11-7-18/h4-13,22-23,34H,14-16H2,1-3H3,(H2,30,36)(H2,29,31,35)/t22-,23+,25+,26+,41?/m0/s1. The van der Waals surface area contributed by atoms with Crippen molar-refractivity contribution in [1.29, 1.82) is 0 Å². The lowest BCUT2D eigenvalue weighted by atomic mass is 9.97. The summed E-state index contributed by atoms with van der Waals surface area (Å²) in [6, 6.07) is 15.0. The van der Waals surface area contributed by atoms with Gasteiger partial charge in [-0.1, -0.05) is 24.3 Å². The van der Waals surface area contributed by atoms with E-state index in [0.717, 1.165) is 13.1 Å². The molecule has 5 N–H and O–H groups in total. The van der Waals surface area contributed by atoms with Crippen molar-refractivity contribution in [3.8, 4) is 11.5 Å². The number of aromatic nitrogens is 2. The molecule has 1 saturated heterocycles. The Hall–Kier alpha value is -3.39. The Morgan fingerprint density at radius 3 is 2.02 bits per heavy atom. The first-order chi connectivity index (χ1) is 19.3. The van der Waals surface area contributed by atoms with Gasteiger partial charge in [-0.2, -0.15) is 4.98 Å². The molecular formula is C26H32F2N5O7P. The molecule has 1 unspecified atom stereocenters. The Morgan fingerprint density at radius 2 is 1.56 bits per heavy atom. The quantitative estimate of drug-likeness (QED) is 0.279. The molecule has 0 spiro atoms. The molecule has 0 radical (unpaired) electrons. The fourth-order valence-electron chi connectivity index (χ4n) is 4.37. The van der Waals surface area contributed by atoms with Crippen molar-refractivity contribution in [3.63, 3.8) is 0 Å². The van der Waals surface area contributed by atoms with Crippen LogP contribution in [0.4, 0.5) is 14.6 Å². The summed E-state index contributed by atoms with van der Waals surface area (Å²) in [5.74, 6) is -2.16. The summed E-state index contributed by atoms with van der Waals surface area (Å²) in [6.07, 6.45) is -3.31. The lowest BCUT2D eigenvalue weighted by molar-refractivity contribution is -0.203. The van der Waals surface area contributed by atoms with Gasteiger partial charge in [0.1, 0.15) is 23.9 Å². The maximum absolute atomic E-state index is 15.9. The van der Waals surface area contributed by atoms with E-state index in [9.17, 15) is 14.5 Å². The number of nitrogen functional groups attached to an aromatic ring is 1. The first-order valence-corrected chi connectivity index (χ1v) is 14.1. The molecule has 1 aliphatic rings. The van der Waals surface area contributed by atoms with E-state index < -0.39 is 43.8 Å². The van der Waals surface area contributed by atoms with E-state index in [-0.39, 0.29) is 18.9 Å². The second-order valence-corrected chi connectivity index (χ2v) is 11.7. The summed E-state index contributed by atoms with van der Waals surface area (Å²) in [5, 5.41) is 10.6. The van der Waals surface area contributed by atoms with Gasteiger partial charge in [0.15, 0.2) is 18.0 Å². The third kappa shape index (κ3) is 6.58. The number of nitrogens with two attached hydrogens (primary N) is 2. The highest BCUT2D eigenvalue weighted by atomic mass is 31.2. The highest BCUT2D eigenvalue weighted by Crippen LogP contribution is 2.51. The predicted molar refractivity (Wildman–Crippen MR) is 145 cm³/mol. The number of benzene rings is 2. The highest BCUT2D eigenvalue weighted by Gasteiger charge is 2.65. The number of nitrogens with zero attached hydrogens (tertiary/aromatic N) is 3. The van der Waals surface area contributed by atoms with Gasteiger partial charge in [0.05, 0.1) is 14.2 Å². The molecule has 3 aromatic rings. The molecule has 41 heavy (non-hydrogen) atoms. The third-order valence-corrected chi connectivity index (χ3v) is 8.30. The van der Waals surface area contributed by atoms with Gasteiger partial charge in [0.2, 0.25) is 0 Å². The molecular weight excluding hydrogens is 563 g/mol. The fraction of sp³-hybridized carbons (Fsp3) is 0.385. The lowest BCUT2D eigenvalue weighted by Gasteiger charge is -2.31. The summed E-state index contributed by atoms with van der Waals surface area (Å²) in [7, 11) is -1.28. The van der Waals surface area contributed by atoms with Crippen molar-refractivity contribution in [2.45, 2.75) is 43.9 Å². The molecule has 0 saturated carbocycles. The monoisotopic (exact) mass is 595 g/mol. The van der Waals surface area contributed by atoms with Crippen LogP contribution in [0.15, 0.2) is 65.6 Å². The number of hydrogen-bond acceptors (Lipinski definition) is 9. The number of hydrogen-bond donors (Lipinski definition) is 3. The summed E-state index contributed by atoms with van der Waals surface area (Å²) >= 11 is 0. The van der Waals surface area contributed by atoms with Gasteiger partial charge < -0.3 is 29.6 Å². The molecule has 0 bridgehead atoms. The molecule has 1 aromatic heterocycles. The van der Waals surface area contributed by atoms with Crippen molar-refractivity contribution in [3.05, 3.63) is 82.4 Å². The van der Waals surface area contributed by atoms with E-state index in [1.807, 2.05) is 0 Å². The van der Waals surface area contributed by atoms with Crippen molar-refractivity contribution in [2.24, 2.45) is 5.50 Å². The normalized spacial score (nSPS) is 25.7. The van der Waals surface area contributed by atoms with Gasteiger partial charge >= 0.3 is 13.4 Å². The average Bonchev–Trinajstić information content (AvgIpc) is 3.12. The second-order valence-electron chi connectivity index (χ2n) is 9.71. The van der Waals surface area contributed by atoms with Crippen molar-refractivity contribution in [2.75, 3.05) is 26.6 Å². The molecule has 2 aromatic carbocycles. The summed E-state index contributed by atoms with van der Waals surface area (Å²) in [5.41, 5.74) is 9.15. The van der Waals surface area contributed by atoms with Crippen LogP contribution in [-0.4, -0.2) is 57.8 Å². The SMILES string of the molecule is COc1ccc(CN(Cc2ccc(OC)cc2)P(N)(=O)OC[C@@]2(F)O[C@@H](n3ccc(N)nc3=O)[C@](C)(F)[C@@H]2O)cc1. The molecule has 12 nitrogen and oxygen atoms in total. The van der Waals surface area contributed by atoms with Gasteiger partial charge in [-0.3, -0.25) is 9.13 Å². The number of methoxy groups -OCH3 is 2. The van der Waals surface area contributed by atoms with Gasteiger partial charge in [-0.05, 0) is 48.4 Å². The van der Waals surface area contributed by atoms with Gasteiger partial charge in [0, 0.05) is 19.3 Å². The van der Waals surface area contributed by atoms with Crippen LogP contribution in [0, 0.1) is 0 Å². The van der Waals surface area contributed by atoms with Crippen LogP contribution in [0.2, 0.25) is 0 Å². The first-order valence-electron chi connectivity index (χ1n) is 12.4. The molecule has 0 amide bonds. The summed E-state index contributed by atoms with van der Waals surface area (Å²) < 4.78 is 68.1. The van der Waals surface area contributed by atoms with Gasteiger partial charge in [-0.15, -0.1) is 0 Å². The number of anilines is 1. The van der Waals surface area contributed by atoms with Crippen molar-refractivity contribution in [1.82, 2.24) is 14.2 Å². The maximum atomic E-state index is 15.9. The minimum atomic E-state index is -4.32. The average molecular weight is 596 g/mol. The zero-order chi connectivity index (χ0) is 30.0. The topological polar surface area (TPSA) is 164 Å². The zero-order valence-corrected chi connectivity index (χ0v) is 23.5. The first kappa shape index (κ1) is 30.6. The predicted octanol–water partition coefficient (Wildman–Crippen LogP) is 2.91. The van der Waals surface area contributed by atoms with E-state index in [2.05, 4.69) is 4.98 Å². The van der Waals surface area contributed by atoms with E-state index in [0.29, 0.717) is 27.2 Å². The van der Waals surface area contributed by atoms with E-state index in [4.69, 9.17) is 30.0 Å². The molecule has 0 aliphatic carbocycles. The number of aliphatic hydroxyl groups is 1. The van der Waals surface area contributed by atoms with Crippen molar-refractivity contribution >= 4 is 13.5 Å². The molecule has 2 heterocycles. The third-order valence-electron chi connectivity index (χ3n) is 6.73.